The largest absolute Gasteiger partial charge is 0.491 e. The number of hydrogen-bond donors (Lipinski definition) is 2. The number of aryl methyl sites for hydroxylation is 1. The summed E-state index contributed by atoms with van der Waals surface area (Å²) in [5, 5.41) is 8.50. The van der Waals surface area contributed by atoms with E-state index in [1.165, 1.54) is 0 Å². The summed E-state index contributed by atoms with van der Waals surface area (Å²) < 4.78 is 5.16. The van der Waals surface area contributed by atoms with Gasteiger partial charge in [-0.3, -0.25) is 0 Å². The Morgan fingerprint density at radius 1 is 1.50 bits per heavy atom. The van der Waals surface area contributed by atoms with Gasteiger partial charge in [-0.15, -0.1) is 0 Å². The van der Waals surface area contributed by atoms with Crippen molar-refractivity contribution in [3.63, 3.8) is 0 Å². The van der Waals surface area contributed by atoms with Crippen LogP contribution >= 0.6 is 0 Å². The summed E-state index contributed by atoms with van der Waals surface area (Å²) in [6.07, 6.45) is 0. The van der Waals surface area contributed by atoms with Crippen LogP contribution in [0.2, 0.25) is 0 Å². The van der Waals surface area contributed by atoms with E-state index >= 15 is 0 Å². The van der Waals surface area contributed by atoms with Gasteiger partial charge in [0.15, 0.2) is 0 Å². The van der Waals surface area contributed by atoms with E-state index in [2.05, 4.69) is 0 Å². The van der Waals surface area contributed by atoms with Crippen LogP contribution in [0.1, 0.15) is 5.56 Å². The number of benzene rings is 1. The van der Waals surface area contributed by atoms with Crippen molar-refractivity contribution in [1.82, 2.24) is 0 Å². The molecule has 0 bridgehead atoms. The second-order valence-electron chi connectivity index (χ2n) is 2.59. The minimum Gasteiger partial charge on any atom is -0.491 e. The number of aliphatic hydroxyl groups is 1. The zero-order valence-corrected chi connectivity index (χ0v) is 7.08. The maximum absolute atomic E-state index is 8.50. The average molecular weight is 167 g/mol. The number of ether oxygens (including phenoxy) is 1. The molecule has 1 rings (SSSR count). The topological polar surface area (TPSA) is 55.5 Å². The van der Waals surface area contributed by atoms with Crippen LogP contribution in [0.25, 0.3) is 0 Å². The lowest BCUT2D eigenvalue weighted by Crippen LogP contribution is -2.02. The molecule has 0 aliphatic heterocycles. The number of nitrogens with two attached hydrogens (primary N) is 1. The number of nitrogen functional groups attached to an aromatic ring is 1. The first-order valence-electron chi connectivity index (χ1n) is 3.84. The van der Waals surface area contributed by atoms with Crippen LogP contribution in [0.5, 0.6) is 5.75 Å². The van der Waals surface area contributed by atoms with Crippen molar-refractivity contribution in [2.24, 2.45) is 0 Å². The van der Waals surface area contributed by atoms with Gasteiger partial charge in [0.05, 0.1) is 6.61 Å². The Bertz CT molecular complexity index is 261. The maximum atomic E-state index is 8.50. The fourth-order valence-corrected chi connectivity index (χ4v) is 0.872. The molecule has 0 saturated heterocycles. The van der Waals surface area contributed by atoms with E-state index in [1.807, 2.05) is 19.1 Å². The molecule has 1 aromatic carbocycles. The summed E-state index contributed by atoms with van der Waals surface area (Å²) in [5.41, 5.74) is 7.40. The highest BCUT2D eigenvalue weighted by atomic mass is 16.5. The Morgan fingerprint density at radius 2 is 2.25 bits per heavy atom. The van der Waals surface area contributed by atoms with Gasteiger partial charge < -0.3 is 15.6 Å². The first-order valence-corrected chi connectivity index (χ1v) is 3.84. The van der Waals surface area contributed by atoms with Crippen LogP contribution in [-0.2, 0) is 0 Å². The summed E-state index contributed by atoms with van der Waals surface area (Å²) in [6.45, 7) is 2.27. The summed E-state index contributed by atoms with van der Waals surface area (Å²) in [7, 11) is 0. The summed E-state index contributed by atoms with van der Waals surface area (Å²) in [5.74, 6) is 0.701. The van der Waals surface area contributed by atoms with Gasteiger partial charge in [0.2, 0.25) is 0 Å². The molecule has 66 valence electrons. The van der Waals surface area contributed by atoms with Crippen LogP contribution in [0.4, 0.5) is 5.69 Å². The van der Waals surface area contributed by atoms with Crippen LogP contribution in [0, 0.1) is 6.92 Å². The SMILES string of the molecule is Cc1ccc(OCCO)cc1N. The summed E-state index contributed by atoms with van der Waals surface area (Å²) >= 11 is 0. The first kappa shape index (κ1) is 8.87. The van der Waals surface area contributed by atoms with E-state index < -0.39 is 0 Å². The van der Waals surface area contributed by atoms with Crippen molar-refractivity contribution < 1.29 is 9.84 Å². The first-order chi connectivity index (χ1) is 5.74. The molecule has 0 heterocycles. The van der Waals surface area contributed by atoms with Crippen LogP contribution < -0.4 is 10.5 Å². The highest BCUT2D eigenvalue weighted by Gasteiger charge is 1.96. The molecule has 0 unspecified atom stereocenters. The van der Waals surface area contributed by atoms with Crippen molar-refractivity contribution in [3.8, 4) is 5.75 Å². The van der Waals surface area contributed by atoms with E-state index in [4.69, 9.17) is 15.6 Å². The second-order valence-corrected chi connectivity index (χ2v) is 2.59. The highest BCUT2D eigenvalue weighted by molar-refractivity contribution is 5.50. The molecular formula is C9H13NO2. The minimum absolute atomic E-state index is 0.0216. The Morgan fingerprint density at radius 3 is 2.83 bits per heavy atom. The molecule has 3 heteroatoms. The summed E-state index contributed by atoms with van der Waals surface area (Å²) in [6, 6.07) is 5.48. The van der Waals surface area contributed by atoms with Crippen molar-refractivity contribution in [2.75, 3.05) is 18.9 Å². The molecule has 0 aliphatic carbocycles. The lowest BCUT2D eigenvalue weighted by molar-refractivity contribution is 0.201. The lowest BCUT2D eigenvalue weighted by atomic mass is 10.2. The highest BCUT2D eigenvalue weighted by Crippen LogP contribution is 2.18. The van der Waals surface area contributed by atoms with Crippen LogP contribution in [-0.4, -0.2) is 18.3 Å². The molecule has 0 radical (unpaired) electrons. The molecule has 0 amide bonds. The number of anilines is 1. The predicted molar refractivity (Wildman–Crippen MR) is 48.2 cm³/mol. The van der Waals surface area contributed by atoms with Gasteiger partial charge in [-0.2, -0.15) is 0 Å². The quantitative estimate of drug-likeness (QED) is 0.659. The van der Waals surface area contributed by atoms with Gasteiger partial charge >= 0.3 is 0 Å². The third kappa shape index (κ3) is 2.13. The lowest BCUT2D eigenvalue weighted by Gasteiger charge is -2.05. The molecule has 0 saturated carbocycles. The van der Waals surface area contributed by atoms with E-state index in [0.717, 1.165) is 5.56 Å². The molecular weight excluding hydrogens is 154 g/mol. The molecule has 0 atom stereocenters. The van der Waals surface area contributed by atoms with E-state index in [1.54, 1.807) is 6.07 Å². The number of rotatable bonds is 3. The molecule has 12 heavy (non-hydrogen) atoms. The van der Waals surface area contributed by atoms with Gasteiger partial charge in [-0.25, -0.2) is 0 Å². The Hall–Kier alpha value is -1.22. The molecule has 3 nitrogen and oxygen atoms in total. The minimum atomic E-state index is 0.0216. The Labute approximate surface area is 71.8 Å². The van der Waals surface area contributed by atoms with Crippen molar-refractivity contribution in [2.45, 2.75) is 6.92 Å². The summed E-state index contributed by atoms with van der Waals surface area (Å²) in [4.78, 5) is 0. The second kappa shape index (κ2) is 3.97. The third-order valence-corrected chi connectivity index (χ3v) is 1.61. The zero-order chi connectivity index (χ0) is 8.97. The maximum Gasteiger partial charge on any atom is 0.121 e. The standard InChI is InChI=1S/C9H13NO2/c1-7-2-3-8(6-9(7)10)12-5-4-11/h2-3,6,11H,4-5,10H2,1H3. The van der Waals surface area contributed by atoms with Gasteiger partial charge in [0.25, 0.3) is 0 Å². The fraction of sp³-hybridized carbons (Fsp3) is 0.333. The normalized spacial score (nSPS) is 9.83. The fourth-order valence-electron chi connectivity index (χ4n) is 0.872. The Kier molecular flexibility index (Phi) is 2.94. The molecule has 0 fully saturated rings. The molecule has 0 spiro atoms. The monoisotopic (exact) mass is 167 g/mol. The van der Waals surface area contributed by atoms with Crippen LogP contribution in [0.15, 0.2) is 18.2 Å². The van der Waals surface area contributed by atoms with Crippen molar-refractivity contribution in [3.05, 3.63) is 23.8 Å². The third-order valence-electron chi connectivity index (χ3n) is 1.61. The van der Waals surface area contributed by atoms with Gasteiger partial charge in [0.1, 0.15) is 12.4 Å². The molecule has 1 aromatic rings. The van der Waals surface area contributed by atoms with Gasteiger partial charge in [-0.05, 0) is 18.6 Å². The number of hydrogen-bond acceptors (Lipinski definition) is 3. The molecule has 3 N–H and O–H groups in total. The average Bonchev–Trinajstić information content (AvgIpc) is 2.07. The van der Waals surface area contributed by atoms with Crippen LogP contribution in [0.3, 0.4) is 0 Å². The van der Waals surface area contributed by atoms with E-state index in [9.17, 15) is 0 Å². The predicted octanol–water partition coefficient (Wildman–Crippen LogP) is 0.948. The zero-order valence-electron chi connectivity index (χ0n) is 7.08. The number of aliphatic hydroxyl groups excluding tert-OH is 1. The van der Waals surface area contributed by atoms with E-state index in [0.29, 0.717) is 18.0 Å². The molecule has 0 aliphatic rings. The van der Waals surface area contributed by atoms with Gasteiger partial charge in [0, 0.05) is 11.8 Å². The Balaban J connectivity index is 2.69. The van der Waals surface area contributed by atoms with Gasteiger partial charge in [-0.1, -0.05) is 6.07 Å². The molecule has 0 aromatic heterocycles. The van der Waals surface area contributed by atoms with E-state index in [-0.39, 0.29) is 6.61 Å². The smallest absolute Gasteiger partial charge is 0.121 e. The van der Waals surface area contributed by atoms with Crippen molar-refractivity contribution in [1.29, 1.82) is 0 Å². The van der Waals surface area contributed by atoms with Crippen molar-refractivity contribution >= 4 is 5.69 Å².